The molecule has 0 N–H and O–H groups in total. The van der Waals surface area contributed by atoms with Crippen molar-refractivity contribution >= 4 is 29.7 Å². The Morgan fingerprint density at radius 1 is 1.25 bits per heavy atom. The number of thioether (sulfide) groups is 1. The third-order valence-electron chi connectivity index (χ3n) is 3.85. The zero-order valence-corrected chi connectivity index (χ0v) is 15.1. The molecule has 1 amide bonds. The van der Waals surface area contributed by atoms with Gasteiger partial charge in [-0.15, -0.1) is 11.8 Å². The highest BCUT2D eigenvalue weighted by molar-refractivity contribution is 7.98. The molecule has 1 aliphatic heterocycles. The minimum Gasteiger partial charge on any atom is -0.465 e. The molecule has 0 bridgehead atoms. The highest BCUT2D eigenvalue weighted by atomic mass is 32.2. The second-order valence-corrected chi connectivity index (χ2v) is 6.11. The molecule has 2 rings (SSSR count). The van der Waals surface area contributed by atoms with E-state index in [2.05, 4.69) is 0 Å². The van der Waals surface area contributed by atoms with Gasteiger partial charge in [0.05, 0.1) is 24.9 Å². The maximum atomic E-state index is 12.7. The number of ether oxygens (including phenoxy) is 2. The first kappa shape index (κ1) is 18.3. The van der Waals surface area contributed by atoms with Crippen LogP contribution in [0.25, 0.3) is 6.08 Å². The van der Waals surface area contributed by atoms with Crippen molar-refractivity contribution < 1.29 is 19.1 Å². The summed E-state index contributed by atoms with van der Waals surface area (Å²) >= 11 is 1.65. The molecule has 1 aliphatic rings. The average Bonchev–Trinajstić information content (AvgIpc) is 2.83. The van der Waals surface area contributed by atoms with Gasteiger partial charge in [0.2, 0.25) is 0 Å². The van der Waals surface area contributed by atoms with Crippen LogP contribution in [0, 0.1) is 0 Å². The Balaban J connectivity index is 2.43. The smallest absolute Gasteiger partial charge is 0.340 e. The Bertz CT molecular complexity index is 691. The Hall–Kier alpha value is -2.05. The van der Waals surface area contributed by atoms with Gasteiger partial charge in [0.25, 0.3) is 5.91 Å². The fraction of sp³-hybridized carbons (Fsp3) is 0.333. The van der Waals surface area contributed by atoms with Crippen molar-refractivity contribution in [1.82, 2.24) is 4.90 Å². The van der Waals surface area contributed by atoms with E-state index >= 15 is 0 Å². The van der Waals surface area contributed by atoms with Gasteiger partial charge in [0.1, 0.15) is 0 Å². The molecule has 1 aromatic carbocycles. The Morgan fingerprint density at radius 3 is 2.46 bits per heavy atom. The van der Waals surface area contributed by atoms with E-state index in [1.165, 1.54) is 7.11 Å². The lowest BCUT2D eigenvalue weighted by atomic mass is 10.0. The number of esters is 1. The van der Waals surface area contributed by atoms with Crippen LogP contribution in [0.5, 0.6) is 0 Å². The second-order valence-electron chi connectivity index (χ2n) is 5.23. The molecule has 0 saturated carbocycles. The van der Waals surface area contributed by atoms with Gasteiger partial charge in [-0.1, -0.05) is 12.1 Å². The number of methoxy groups -OCH3 is 2. The summed E-state index contributed by atoms with van der Waals surface area (Å²) < 4.78 is 9.91. The Labute approximate surface area is 146 Å². The van der Waals surface area contributed by atoms with Crippen molar-refractivity contribution in [2.75, 3.05) is 33.6 Å². The zero-order chi connectivity index (χ0) is 17.7. The first-order chi connectivity index (χ1) is 11.5. The van der Waals surface area contributed by atoms with E-state index in [-0.39, 0.29) is 5.91 Å². The predicted molar refractivity (Wildman–Crippen MR) is 94.5 cm³/mol. The van der Waals surface area contributed by atoms with Crippen molar-refractivity contribution in [3.8, 4) is 0 Å². The molecular weight excluding hydrogens is 326 g/mol. The van der Waals surface area contributed by atoms with Gasteiger partial charge in [0.15, 0.2) is 0 Å². The quantitative estimate of drug-likeness (QED) is 0.450. The first-order valence-corrected chi connectivity index (χ1v) is 8.72. The summed E-state index contributed by atoms with van der Waals surface area (Å²) in [5.41, 5.74) is 2.12. The molecule has 0 unspecified atom stereocenters. The van der Waals surface area contributed by atoms with Crippen LogP contribution in [0.3, 0.4) is 0 Å². The summed E-state index contributed by atoms with van der Waals surface area (Å²) in [6.45, 7) is 2.54. The fourth-order valence-electron chi connectivity index (χ4n) is 2.55. The van der Waals surface area contributed by atoms with Crippen LogP contribution in [0.1, 0.15) is 12.5 Å². The second kappa shape index (κ2) is 8.17. The monoisotopic (exact) mass is 347 g/mol. The van der Waals surface area contributed by atoms with Crippen molar-refractivity contribution in [1.29, 1.82) is 0 Å². The molecule has 5 nitrogen and oxygen atoms in total. The molecule has 0 aromatic heterocycles. The summed E-state index contributed by atoms with van der Waals surface area (Å²) in [5.74, 6) is -0.716. The summed E-state index contributed by atoms with van der Waals surface area (Å²) in [5, 5.41) is 0. The zero-order valence-electron chi connectivity index (χ0n) is 14.3. The van der Waals surface area contributed by atoms with Gasteiger partial charge in [-0.3, -0.25) is 4.79 Å². The van der Waals surface area contributed by atoms with Gasteiger partial charge >= 0.3 is 5.97 Å². The molecule has 0 aliphatic carbocycles. The number of allylic oxidation sites excluding steroid dienone is 1. The highest BCUT2D eigenvalue weighted by Gasteiger charge is 2.36. The molecule has 1 heterocycles. The molecule has 128 valence electrons. The Morgan fingerprint density at radius 2 is 1.92 bits per heavy atom. The number of hydrogen-bond acceptors (Lipinski definition) is 5. The summed E-state index contributed by atoms with van der Waals surface area (Å²) in [7, 11) is 2.89. The van der Waals surface area contributed by atoms with E-state index in [1.54, 1.807) is 36.8 Å². The molecular formula is C18H21NO4S. The molecule has 0 atom stereocenters. The molecule has 0 fully saturated rings. The standard InChI is InChI=1S/C18H21NO4S/c1-12-16(18(21)23-3)15(17(20)19(12)9-10-22-2)11-13-5-7-14(24-4)8-6-13/h5-8,11H,9-10H2,1-4H3. The maximum absolute atomic E-state index is 12.7. The number of carbonyl (C=O) groups excluding carboxylic acids is 2. The fourth-order valence-corrected chi connectivity index (χ4v) is 2.96. The molecule has 0 saturated heterocycles. The summed E-state index contributed by atoms with van der Waals surface area (Å²) in [6.07, 6.45) is 3.73. The lowest BCUT2D eigenvalue weighted by Gasteiger charge is -2.16. The summed E-state index contributed by atoms with van der Waals surface area (Å²) in [6, 6.07) is 7.81. The Kier molecular flexibility index (Phi) is 6.23. The molecule has 0 radical (unpaired) electrons. The molecule has 24 heavy (non-hydrogen) atoms. The normalized spacial score (nSPS) is 16.2. The topological polar surface area (TPSA) is 55.8 Å². The van der Waals surface area contributed by atoms with Gasteiger partial charge in [-0.2, -0.15) is 0 Å². The maximum Gasteiger partial charge on any atom is 0.340 e. The largest absolute Gasteiger partial charge is 0.465 e. The number of amides is 1. The van der Waals surface area contributed by atoms with Crippen molar-refractivity contribution in [3.63, 3.8) is 0 Å². The highest BCUT2D eigenvalue weighted by Crippen LogP contribution is 2.31. The van der Waals surface area contributed by atoms with E-state index < -0.39 is 5.97 Å². The van der Waals surface area contributed by atoms with Gasteiger partial charge in [-0.05, 0) is 37.0 Å². The SMILES string of the molecule is COCCN1C(=O)C(=Cc2ccc(SC)cc2)C(C(=O)OC)=C1C. The third-order valence-corrected chi connectivity index (χ3v) is 4.59. The van der Waals surface area contributed by atoms with E-state index in [1.807, 2.05) is 30.5 Å². The van der Waals surface area contributed by atoms with E-state index in [0.717, 1.165) is 10.5 Å². The van der Waals surface area contributed by atoms with Gasteiger partial charge in [0, 0.05) is 24.2 Å². The molecule has 1 aromatic rings. The average molecular weight is 347 g/mol. The van der Waals surface area contributed by atoms with Crippen LogP contribution in [-0.2, 0) is 19.1 Å². The lowest BCUT2D eigenvalue weighted by Crippen LogP contribution is -2.28. The molecule has 0 spiro atoms. The van der Waals surface area contributed by atoms with Gasteiger partial charge in [-0.25, -0.2) is 4.79 Å². The van der Waals surface area contributed by atoms with Crippen LogP contribution in [0.4, 0.5) is 0 Å². The van der Waals surface area contributed by atoms with Crippen LogP contribution in [-0.4, -0.2) is 50.4 Å². The van der Waals surface area contributed by atoms with E-state index in [0.29, 0.717) is 30.0 Å². The minimum atomic E-state index is -0.507. The van der Waals surface area contributed by atoms with E-state index in [9.17, 15) is 9.59 Å². The minimum absolute atomic E-state index is 0.209. The summed E-state index contributed by atoms with van der Waals surface area (Å²) in [4.78, 5) is 27.6. The molecule has 6 heteroatoms. The number of nitrogens with zero attached hydrogens (tertiary/aromatic N) is 1. The predicted octanol–water partition coefficient (Wildman–Crippen LogP) is 2.73. The third kappa shape index (κ3) is 3.71. The van der Waals surface area contributed by atoms with Gasteiger partial charge < -0.3 is 14.4 Å². The number of benzene rings is 1. The van der Waals surface area contributed by atoms with Crippen molar-refractivity contribution in [2.45, 2.75) is 11.8 Å². The first-order valence-electron chi connectivity index (χ1n) is 7.49. The number of carbonyl (C=O) groups is 2. The van der Waals surface area contributed by atoms with Crippen LogP contribution in [0.15, 0.2) is 46.0 Å². The van der Waals surface area contributed by atoms with Crippen LogP contribution >= 0.6 is 11.8 Å². The van der Waals surface area contributed by atoms with Crippen LogP contribution < -0.4 is 0 Å². The lowest BCUT2D eigenvalue weighted by molar-refractivity contribution is -0.136. The van der Waals surface area contributed by atoms with Crippen molar-refractivity contribution in [3.05, 3.63) is 46.7 Å². The van der Waals surface area contributed by atoms with Crippen LogP contribution in [0.2, 0.25) is 0 Å². The van der Waals surface area contributed by atoms with Crippen molar-refractivity contribution in [2.24, 2.45) is 0 Å². The number of rotatable bonds is 6. The van der Waals surface area contributed by atoms with E-state index in [4.69, 9.17) is 9.47 Å². The number of hydrogen-bond donors (Lipinski definition) is 0.